The van der Waals surface area contributed by atoms with Crippen LogP contribution in [0.2, 0.25) is 0 Å². The first-order valence-electron chi connectivity index (χ1n) is 3.99. The molecule has 0 saturated heterocycles. The largest absolute Gasteiger partial charge is 0.465 e. The van der Waals surface area contributed by atoms with E-state index in [1.807, 2.05) is 0 Å². The number of carbonyl (C=O) groups excluding carboxylic acids is 2. The predicted octanol–water partition coefficient (Wildman–Crippen LogP) is 2.14. The summed E-state index contributed by atoms with van der Waals surface area (Å²) in [6, 6.07) is 1.69. The molecule has 0 amide bonds. The number of ether oxygens (including phenoxy) is 1. The number of carbonyl (C=O) groups is 2. The van der Waals surface area contributed by atoms with E-state index in [4.69, 9.17) is 0 Å². The maximum absolute atomic E-state index is 11.1. The quantitative estimate of drug-likeness (QED) is 0.567. The van der Waals surface area contributed by atoms with Crippen molar-refractivity contribution in [1.82, 2.24) is 0 Å². The van der Waals surface area contributed by atoms with Gasteiger partial charge in [-0.15, -0.1) is 11.3 Å². The van der Waals surface area contributed by atoms with Crippen LogP contribution in [0.25, 0.3) is 6.08 Å². The van der Waals surface area contributed by atoms with Crippen LogP contribution in [0.4, 0.5) is 0 Å². The van der Waals surface area contributed by atoms with E-state index >= 15 is 0 Å². The van der Waals surface area contributed by atoms with Gasteiger partial charge >= 0.3 is 5.97 Å². The molecule has 1 aromatic rings. The Balaban J connectivity index is 2.78. The molecule has 0 fully saturated rings. The van der Waals surface area contributed by atoms with Crippen LogP contribution < -0.4 is 0 Å². The zero-order valence-electron chi connectivity index (χ0n) is 7.94. The van der Waals surface area contributed by atoms with Crippen molar-refractivity contribution in [2.75, 3.05) is 7.11 Å². The maximum atomic E-state index is 11.1. The molecular formula is C10H10O3S. The predicted molar refractivity (Wildman–Crippen MR) is 55.4 cm³/mol. The molecule has 4 heteroatoms. The van der Waals surface area contributed by atoms with Crippen molar-refractivity contribution in [2.45, 2.75) is 6.92 Å². The first kappa shape index (κ1) is 10.7. The lowest BCUT2D eigenvalue weighted by Gasteiger charge is -1.91. The summed E-state index contributed by atoms with van der Waals surface area (Å²) in [6.07, 6.45) is 3.15. The highest BCUT2D eigenvalue weighted by molar-refractivity contribution is 7.11. The molecule has 0 radical (unpaired) electrons. The number of hydrogen-bond donors (Lipinski definition) is 0. The Morgan fingerprint density at radius 2 is 2.21 bits per heavy atom. The average molecular weight is 210 g/mol. The van der Waals surface area contributed by atoms with E-state index in [1.54, 1.807) is 17.5 Å². The molecule has 0 bridgehead atoms. The minimum Gasteiger partial charge on any atom is -0.465 e. The molecule has 1 rings (SSSR count). The van der Waals surface area contributed by atoms with Gasteiger partial charge in [-0.05, 0) is 25.1 Å². The van der Waals surface area contributed by atoms with Gasteiger partial charge in [0.1, 0.15) is 0 Å². The highest BCUT2D eigenvalue weighted by atomic mass is 32.1. The smallest absolute Gasteiger partial charge is 0.338 e. The molecule has 0 spiro atoms. The van der Waals surface area contributed by atoms with Crippen molar-refractivity contribution in [3.63, 3.8) is 0 Å². The van der Waals surface area contributed by atoms with Crippen molar-refractivity contribution >= 4 is 29.2 Å². The summed E-state index contributed by atoms with van der Waals surface area (Å²) in [5.41, 5.74) is 0.515. The van der Waals surface area contributed by atoms with Crippen LogP contribution in [0.15, 0.2) is 17.5 Å². The van der Waals surface area contributed by atoms with Gasteiger partial charge in [0.25, 0.3) is 0 Å². The molecule has 0 aliphatic heterocycles. The summed E-state index contributed by atoms with van der Waals surface area (Å²) in [4.78, 5) is 22.6. The van der Waals surface area contributed by atoms with Gasteiger partial charge < -0.3 is 4.74 Å². The SMILES string of the molecule is COC(=O)c1csc(/C=C/C(C)=O)c1. The van der Waals surface area contributed by atoms with Gasteiger partial charge in [0.2, 0.25) is 0 Å². The van der Waals surface area contributed by atoms with Crippen LogP contribution in [0, 0.1) is 0 Å². The monoisotopic (exact) mass is 210 g/mol. The van der Waals surface area contributed by atoms with Gasteiger partial charge in [0, 0.05) is 10.3 Å². The van der Waals surface area contributed by atoms with Crippen LogP contribution in [0.1, 0.15) is 22.2 Å². The maximum Gasteiger partial charge on any atom is 0.338 e. The Bertz CT molecular complexity index is 376. The highest BCUT2D eigenvalue weighted by Crippen LogP contribution is 2.16. The Hall–Kier alpha value is -1.42. The fourth-order valence-corrected chi connectivity index (χ4v) is 1.63. The molecule has 0 unspecified atom stereocenters. The number of rotatable bonds is 3. The first-order chi connectivity index (χ1) is 6.63. The fraction of sp³-hybridized carbons (Fsp3) is 0.200. The zero-order valence-corrected chi connectivity index (χ0v) is 8.76. The van der Waals surface area contributed by atoms with E-state index < -0.39 is 0 Å². The Labute approximate surface area is 86.0 Å². The Morgan fingerprint density at radius 3 is 2.79 bits per heavy atom. The molecule has 0 saturated carbocycles. The van der Waals surface area contributed by atoms with Crippen molar-refractivity contribution in [3.05, 3.63) is 28.0 Å². The minimum atomic E-state index is -0.358. The summed E-state index contributed by atoms with van der Waals surface area (Å²) < 4.78 is 4.55. The van der Waals surface area contributed by atoms with Crippen LogP contribution in [0.5, 0.6) is 0 Å². The van der Waals surface area contributed by atoms with Crippen molar-refractivity contribution in [3.8, 4) is 0 Å². The standard InChI is InChI=1S/C10H10O3S/c1-7(11)3-4-9-5-8(6-14-9)10(12)13-2/h3-6H,1-2H3/b4-3+. The van der Waals surface area contributed by atoms with E-state index in [0.29, 0.717) is 5.56 Å². The second-order valence-corrected chi connectivity index (χ2v) is 3.62. The topological polar surface area (TPSA) is 43.4 Å². The minimum absolute atomic E-state index is 0.0157. The van der Waals surface area contributed by atoms with Gasteiger partial charge in [-0.25, -0.2) is 4.79 Å². The molecule has 1 heterocycles. The van der Waals surface area contributed by atoms with Crippen LogP contribution >= 0.6 is 11.3 Å². The van der Waals surface area contributed by atoms with Crippen molar-refractivity contribution in [2.24, 2.45) is 0 Å². The Kier molecular flexibility index (Phi) is 3.59. The molecule has 0 N–H and O–H groups in total. The van der Waals surface area contributed by atoms with Crippen molar-refractivity contribution < 1.29 is 14.3 Å². The van der Waals surface area contributed by atoms with E-state index in [2.05, 4.69) is 4.74 Å². The molecule has 3 nitrogen and oxygen atoms in total. The third-order valence-electron chi connectivity index (χ3n) is 1.52. The number of hydrogen-bond acceptors (Lipinski definition) is 4. The second kappa shape index (κ2) is 4.72. The highest BCUT2D eigenvalue weighted by Gasteiger charge is 2.06. The molecule has 0 aliphatic carbocycles. The van der Waals surface area contributed by atoms with E-state index in [-0.39, 0.29) is 11.8 Å². The molecule has 14 heavy (non-hydrogen) atoms. The molecule has 1 aromatic heterocycles. The summed E-state index contributed by atoms with van der Waals surface area (Å²) in [5.74, 6) is -0.373. The van der Waals surface area contributed by atoms with Crippen LogP contribution in [-0.2, 0) is 9.53 Å². The summed E-state index contributed by atoms with van der Waals surface area (Å²) in [6.45, 7) is 1.48. The molecule has 74 valence electrons. The number of esters is 1. The third-order valence-corrected chi connectivity index (χ3v) is 2.42. The number of allylic oxidation sites excluding steroid dienone is 1. The molecular weight excluding hydrogens is 200 g/mol. The number of ketones is 1. The van der Waals surface area contributed by atoms with E-state index in [1.165, 1.54) is 31.4 Å². The Morgan fingerprint density at radius 1 is 1.50 bits per heavy atom. The average Bonchev–Trinajstić information content (AvgIpc) is 2.62. The van der Waals surface area contributed by atoms with Gasteiger partial charge in [-0.3, -0.25) is 4.79 Å². The second-order valence-electron chi connectivity index (χ2n) is 2.67. The number of thiophene rings is 1. The molecule has 0 aromatic carbocycles. The first-order valence-corrected chi connectivity index (χ1v) is 4.87. The fourth-order valence-electron chi connectivity index (χ4n) is 0.865. The molecule has 0 aliphatic rings. The van der Waals surface area contributed by atoms with Gasteiger partial charge in [-0.2, -0.15) is 0 Å². The van der Waals surface area contributed by atoms with Gasteiger partial charge in [0.05, 0.1) is 12.7 Å². The lowest BCUT2D eigenvalue weighted by atomic mass is 10.3. The number of methoxy groups -OCH3 is 1. The summed E-state index contributed by atoms with van der Waals surface area (Å²) in [7, 11) is 1.34. The summed E-state index contributed by atoms with van der Waals surface area (Å²) in [5, 5.41) is 1.70. The van der Waals surface area contributed by atoms with Gasteiger partial charge in [0.15, 0.2) is 5.78 Å². The van der Waals surface area contributed by atoms with E-state index in [0.717, 1.165) is 4.88 Å². The normalized spacial score (nSPS) is 10.4. The lowest BCUT2D eigenvalue weighted by molar-refractivity contribution is -0.112. The third kappa shape index (κ3) is 2.81. The summed E-state index contributed by atoms with van der Waals surface area (Å²) >= 11 is 1.40. The van der Waals surface area contributed by atoms with E-state index in [9.17, 15) is 9.59 Å². The molecule has 0 atom stereocenters. The lowest BCUT2D eigenvalue weighted by Crippen LogP contribution is -1.97. The van der Waals surface area contributed by atoms with Crippen LogP contribution in [0.3, 0.4) is 0 Å². The van der Waals surface area contributed by atoms with Crippen molar-refractivity contribution in [1.29, 1.82) is 0 Å². The van der Waals surface area contributed by atoms with Crippen LogP contribution in [-0.4, -0.2) is 18.9 Å². The van der Waals surface area contributed by atoms with Gasteiger partial charge in [-0.1, -0.05) is 0 Å². The zero-order chi connectivity index (χ0) is 10.6.